The number of hydrogen-bond donors (Lipinski definition) is 0. The molecule has 1 atom stereocenters. The Morgan fingerprint density at radius 1 is 1.46 bits per heavy atom. The van der Waals surface area contributed by atoms with Crippen molar-refractivity contribution in [3.05, 3.63) is 18.2 Å². The smallest absolute Gasteiger partial charge is 0.216 e. The first-order chi connectivity index (χ1) is 11.2. The second-order valence-corrected chi connectivity index (χ2v) is 9.48. The molecule has 2 heterocycles. The van der Waals surface area contributed by atoms with E-state index in [0.29, 0.717) is 32.5 Å². The summed E-state index contributed by atoms with van der Waals surface area (Å²) in [6.07, 6.45) is 4.90. The lowest BCUT2D eigenvalue weighted by Gasteiger charge is -2.52. The van der Waals surface area contributed by atoms with E-state index in [0.717, 1.165) is 5.82 Å². The topological polar surface area (TPSA) is 88.2 Å². The summed E-state index contributed by atoms with van der Waals surface area (Å²) >= 11 is 0. The Kier molecular flexibility index (Phi) is 4.22. The lowest BCUT2D eigenvalue weighted by Crippen LogP contribution is -2.59. The third-order valence-electron chi connectivity index (χ3n) is 5.03. The van der Waals surface area contributed by atoms with Crippen LogP contribution >= 0.6 is 0 Å². The summed E-state index contributed by atoms with van der Waals surface area (Å²) < 4.78 is 34.3. The van der Waals surface area contributed by atoms with Gasteiger partial charge in [0.2, 0.25) is 10.0 Å². The molecule has 3 rings (SSSR count). The third kappa shape index (κ3) is 2.96. The minimum absolute atomic E-state index is 0.0815. The Balaban J connectivity index is 1.86. The van der Waals surface area contributed by atoms with Crippen molar-refractivity contribution < 1.29 is 13.2 Å². The first kappa shape index (κ1) is 17.4. The van der Waals surface area contributed by atoms with Gasteiger partial charge >= 0.3 is 0 Å². The molecule has 1 unspecified atom stereocenters. The number of ether oxygens (including phenoxy) is 1. The molecule has 0 radical (unpaired) electrons. The Bertz CT molecular complexity index is 759. The molecule has 1 saturated carbocycles. The molecule has 1 aromatic heterocycles. The zero-order chi connectivity index (χ0) is 17.6. The second-order valence-electron chi connectivity index (χ2n) is 7.56. The van der Waals surface area contributed by atoms with Crippen molar-refractivity contribution in [2.75, 3.05) is 26.0 Å². The van der Waals surface area contributed by atoms with E-state index in [2.05, 4.69) is 24.9 Å². The predicted octanol–water partition coefficient (Wildman–Crippen LogP) is 1.55. The van der Waals surface area contributed by atoms with Gasteiger partial charge in [0.25, 0.3) is 0 Å². The van der Waals surface area contributed by atoms with Gasteiger partial charge in [-0.3, -0.25) is 0 Å². The molecule has 0 amide bonds. The van der Waals surface area contributed by atoms with Gasteiger partial charge in [-0.05, 0) is 12.8 Å². The standard InChI is InChI=1S/C16H24N4O3S/c1-15(2)11-20(24(21,22)12-16(10-17)4-5-16)13(15)14-18-6-7-19(14)8-9-23-3/h6-7,13H,4-5,8-9,11-12H2,1-3H3. The van der Waals surface area contributed by atoms with Crippen LogP contribution in [-0.2, 0) is 21.3 Å². The maximum atomic E-state index is 12.9. The second kappa shape index (κ2) is 5.83. The molecule has 0 N–H and O–H groups in total. The van der Waals surface area contributed by atoms with E-state index in [-0.39, 0.29) is 17.2 Å². The summed E-state index contributed by atoms with van der Waals surface area (Å²) in [7, 11) is -1.85. The van der Waals surface area contributed by atoms with Gasteiger partial charge in [0.05, 0.1) is 29.9 Å². The lowest BCUT2D eigenvalue weighted by atomic mass is 9.76. The minimum Gasteiger partial charge on any atom is -0.383 e. The fraction of sp³-hybridized carbons (Fsp3) is 0.750. The number of methoxy groups -OCH3 is 1. The molecule has 1 saturated heterocycles. The van der Waals surface area contributed by atoms with Crippen LogP contribution in [0.5, 0.6) is 0 Å². The van der Waals surface area contributed by atoms with Crippen LogP contribution in [0.4, 0.5) is 0 Å². The highest BCUT2D eigenvalue weighted by atomic mass is 32.2. The molecule has 0 aromatic carbocycles. The fourth-order valence-electron chi connectivity index (χ4n) is 3.41. The molecular weight excluding hydrogens is 328 g/mol. The number of sulfonamides is 1. The number of nitriles is 1. The van der Waals surface area contributed by atoms with Gasteiger partial charge in [-0.2, -0.15) is 9.57 Å². The van der Waals surface area contributed by atoms with E-state index < -0.39 is 15.4 Å². The largest absolute Gasteiger partial charge is 0.383 e. The molecule has 132 valence electrons. The van der Waals surface area contributed by atoms with Crippen molar-refractivity contribution in [3.8, 4) is 6.07 Å². The number of rotatable bonds is 7. The Labute approximate surface area is 143 Å². The quantitative estimate of drug-likeness (QED) is 0.743. The highest BCUT2D eigenvalue weighted by molar-refractivity contribution is 7.89. The predicted molar refractivity (Wildman–Crippen MR) is 88.4 cm³/mol. The number of hydrogen-bond acceptors (Lipinski definition) is 5. The number of nitrogens with zero attached hydrogens (tertiary/aromatic N) is 4. The van der Waals surface area contributed by atoms with E-state index in [1.807, 2.05) is 10.8 Å². The van der Waals surface area contributed by atoms with Crippen LogP contribution in [-0.4, -0.2) is 48.3 Å². The van der Waals surface area contributed by atoms with Crippen molar-refractivity contribution in [2.24, 2.45) is 10.8 Å². The highest BCUT2D eigenvalue weighted by Crippen LogP contribution is 2.52. The van der Waals surface area contributed by atoms with Crippen molar-refractivity contribution in [1.82, 2.24) is 13.9 Å². The van der Waals surface area contributed by atoms with E-state index >= 15 is 0 Å². The molecule has 8 heteroatoms. The van der Waals surface area contributed by atoms with Crippen molar-refractivity contribution in [3.63, 3.8) is 0 Å². The van der Waals surface area contributed by atoms with Gasteiger partial charge in [-0.15, -0.1) is 0 Å². The molecule has 2 fully saturated rings. The summed E-state index contributed by atoms with van der Waals surface area (Å²) in [6.45, 7) is 5.74. The molecular formula is C16H24N4O3S. The van der Waals surface area contributed by atoms with Gasteiger partial charge in [-0.1, -0.05) is 13.8 Å². The third-order valence-corrected chi connectivity index (χ3v) is 7.00. The van der Waals surface area contributed by atoms with Gasteiger partial charge in [0, 0.05) is 38.0 Å². The zero-order valence-electron chi connectivity index (χ0n) is 14.4. The number of aromatic nitrogens is 2. The molecule has 1 aliphatic carbocycles. The summed E-state index contributed by atoms with van der Waals surface area (Å²) in [5, 5.41) is 9.22. The lowest BCUT2D eigenvalue weighted by molar-refractivity contribution is 0.0105. The summed E-state index contributed by atoms with van der Waals surface area (Å²) in [5.74, 6) is 0.663. The summed E-state index contributed by atoms with van der Waals surface area (Å²) in [4.78, 5) is 4.42. The SMILES string of the molecule is COCCn1ccnc1C1N(S(=O)(=O)CC2(C#N)CC2)CC1(C)C. The van der Waals surface area contributed by atoms with Crippen LogP contribution in [0, 0.1) is 22.2 Å². The molecule has 7 nitrogen and oxygen atoms in total. The molecule has 0 spiro atoms. The zero-order valence-corrected chi connectivity index (χ0v) is 15.2. The van der Waals surface area contributed by atoms with Crippen molar-refractivity contribution in [2.45, 2.75) is 39.3 Å². The first-order valence-electron chi connectivity index (χ1n) is 8.15. The molecule has 24 heavy (non-hydrogen) atoms. The maximum Gasteiger partial charge on any atom is 0.216 e. The average Bonchev–Trinajstić information content (AvgIpc) is 3.13. The Morgan fingerprint density at radius 2 is 2.17 bits per heavy atom. The Hall–Kier alpha value is -1.43. The maximum absolute atomic E-state index is 12.9. The van der Waals surface area contributed by atoms with Crippen molar-refractivity contribution in [1.29, 1.82) is 5.26 Å². The van der Waals surface area contributed by atoms with Gasteiger partial charge in [0.1, 0.15) is 5.82 Å². The van der Waals surface area contributed by atoms with Crippen LogP contribution < -0.4 is 0 Å². The van der Waals surface area contributed by atoms with Crippen LogP contribution in [0.15, 0.2) is 12.4 Å². The normalized spacial score (nSPS) is 25.0. The van der Waals surface area contributed by atoms with Crippen LogP contribution in [0.3, 0.4) is 0 Å². The van der Waals surface area contributed by atoms with Crippen molar-refractivity contribution >= 4 is 10.0 Å². The van der Waals surface area contributed by atoms with E-state index in [9.17, 15) is 13.7 Å². The summed E-state index contributed by atoms with van der Waals surface area (Å²) in [5.41, 5.74) is -0.860. The van der Waals surface area contributed by atoms with E-state index in [4.69, 9.17) is 4.74 Å². The molecule has 2 aliphatic rings. The van der Waals surface area contributed by atoms with Crippen LogP contribution in [0.1, 0.15) is 38.6 Å². The van der Waals surface area contributed by atoms with Gasteiger partial charge < -0.3 is 9.30 Å². The fourth-order valence-corrected chi connectivity index (χ4v) is 5.86. The average molecular weight is 352 g/mol. The van der Waals surface area contributed by atoms with E-state index in [1.54, 1.807) is 13.3 Å². The summed E-state index contributed by atoms with van der Waals surface area (Å²) in [6, 6.07) is 1.88. The van der Waals surface area contributed by atoms with E-state index in [1.165, 1.54) is 4.31 Å². The van der Waals surface area contributed by atoms with Gasteiger partial charge in [-0.25, -0.2) is 13.4 Å². The van der Waals surface area contributed by atoms with Crippen LogP contribution in [0.2, 0.25) is 0 Å². The minimum atomic E-state index is -3.49. The highest BCUT2D eigenvalue weighted by Gasteiger charge is 2.57. The first-order valence-corrected chi connectivity index (χ1v) is 9.76. The number of imidazole rings is 1. The van der Waals surface area contributed by atoms with Gasteiger partial charge in [0.15, 0.2) is 0 Å². The monoisotopic (exact) mass is 352 g/mol. The Morgan fingerprint density at radius 3 is 2.71 bits per heavy atom. The molecule has 0 bridgehead atoms. The molecule has 1 aromatic rings. The molecule has 1 aliphatic heterocycles. The van der Waals surface area contributed by atoms with Crippen LogP contribution in [0.25, 0.3) is 0 Å².